The number of aliphatic hydroxyl groups is 1. The number of fused-ring (bicyclic) bond motifs is 2. The number of epoxide rings is 1. The van der Waals surface area contributed by atoms with Gasteiger partial charge in [-0.25, -0.2) is 4.79 Å². The number of aliphatic hydroxyl groups excluding tert-OH is 1. The Kier molecular flexibility index (Phi) is 9.62. The summed E-state index contributed by atoms with van der Waals surface area (Å²) in [5.41, 5.74) is 0.828. The second-order valence-electron chi connectivity index (χ2n) is 9.73. The number of benzene rings is 3. The molecule has 0 aromatic heterocycles. The van der Waals surface area contributed by atoms with E-state index in [2.05, 4.69) is 11.2 Å². The van der Waals surface area contributed by atoms with Crippen LogP contribution in [-0.2, 0) is 33.4 Å². The van der Waals surface area contributed by atoms with E-state index in [-0.39, 0.29) is 25.6 Å². The first-order valence-electron chi connectivity index (χ1n) is 13.1. The van der Waals surface area contributed by atoms with Gasteiger partial charge >= 0.3 is 17.9 Å². The normalized spacial score (nSPS) is 17.1. The largest absolute Gasteiger partial charge is 0.463 e. The van der Waals surface area contributed by atoms with E-state index in [0.29, 0.717) is 13.0 Å². The van der Waals surface area contributed by atoms with Crippen molar-refractivity contribution in [3.63, 3.8) is 0 Å². The molecule has 1 fully saturated rings. The van der Waals surface area contributed by atoms with Gasteiger partial charge in [-0.3, -0.25) is 9.59 Å². The molecular weight excluding hydrogens is 502 g/mol. The van der Waals surface area contributed by atoms with Crippen LogP contribution in [0, 0.1) is 17.8 Å². The Labute approximate surface area is 226 Å². The smallest absolute Gasteiger partial charge is 0.337 e. The Hall–Kier alpha value is -3.82. The number of esters is 2. The monoisotopic (exact) mass is 535 g/mol. The van der Waals surface area contributed by atoms with Crippen LogP contribution < -0.4 is 0 Å². The fourth-order valence-corrected chi connectivity index (χ4v) is 4.63. The first-order chi connectivity index (χ1) is 18.9. The second kappa shape index (κ2) is 13.3. The molecular formula is C30H33NO8. The van der Waals surface area contributed by atoms with Gasteiger partial charge in [-0.1, -0.05) is 67.5 Å². The number of carbonyl (C=O) groups is 3. The minimum Gasteiger partial charge on any atom is -0.463 e. The van der Waals surface area contributed by atoms with E-state index >= 15 is 0 Å². The lowest BCUT2D eigenvalue weighted by atomic mass is 9.86. The van der Waals surface area contributed by atoms with Crippen LogP contribution in [0.4, 0.5) is 0 Å². The van der Waals surface area contributed by atoms with Crippen LogP contribution in [0.3, 0.4) is 0 Å². The maximum absolute atomic E-state index is 12.8. The standard InChI is InChI=1S/C30H33NO8/c1-3-20(29(34)37-17-24-16-36-24)13-23(30(35)38-18-32)12-19(2)28(33)39-31-15-27-25-10-6-4-8-21(25)14-22-9-5-7-11-26(22)27/h4-11,14-15,19-20,23-24,32H,3,12-13,16-18H2,1-2H3/b31-15+. The van der Waals surface area contributed by atoms with E-state index in [0.717, 1.165) is 27.1 Å². The van der Waals surface area contributed by atoms with Gasteiger partial charge in [-0.05, 0) is 46.9 Å². The maximum atomic E-state index is 12.8. The van der Waals surface area contributed by atoms with Gasteiger partial charge in [0.15, 0.2) is 6.79 Å². The zero-order valence-corrected chi connectivity index (χ0v) is 22.1. The third kappa shape index (κ3) is 7.40. The van der Waals surface area contributed by atoms with Gasteiger partial charge in [0.2, 0.25) is 0 Å². The molecule has 4 unspecified atom stereocenters. The quantitative estimate of drug-likeness (QED) is 0.0651. The number of hydrogen-bond acceptors (Lipinski definition) is 9. The predicted octanol–water partition coefficient (Wildman–Crippen LogP) is 4.36. The summed E-state index contributed by atoms with van der Waals surface area (Å²) in [6, 6.07) is 17.9. The number of carbonyl (C=O) groups excluding carboxylic acids is 3. The zero-order chi connectivity index (χ0) is 27.8. The lowest BCUT2D eigenvalue weighted by Gasteiger charge is -2.22. The summed E-state index contributed by atoms with van der Waals surface area (Å²) in [4.78, 5) is 43.1. The SMILES string of the molecule is CCC(CC(CC(C)C(=O)O/N=C/c1c2ccccc2cc2ccccc12)C(=O)OCO)C(=O)OCC1CO1. The lowest BCUT2D eigenvalue weighted by Crippen LogP contribution is -2.29. The number of oxime groups is 1. The van der Waals surface area contributed by atoms with Crippen LogP contribution in [-0.4, -0.2) is 55.3 Å². The average molecular weight is 536 g/mol. The first-order valence-corrected chi connectivity index (χ1v) is 13.1. The summed E-state index contributed by atoms with van der Waals surface area (Å²) in [5.74, 6) is -3.87. The van der Waals surface area contributed by atoms with E-state index in [1.54, 1.807) is 6.92 Å². The average Bonchev–Trinajstić information content (AvgIpc) is 3.78. The molecule has 0 bridgehead atoms. The Morgan fingerprint density at radius 1 is 0.974 bits per heavy atom. The molecule has 1 saturated heterocycles. The second-order valence-corrected chi connectivity index (χ2v) is 9.73. The van der Waals surface area contributed by atoms with E-state index in [1.807, 2.05) is 55.5 Å². The molecule has 39 heavy (non-hydrogen) atoms. The molecule has 0 amide bonds. The molecule has 0 saturated carbocycles. The lowest BCUT2D eigenvalue weighted by molar-refractivity contribution is -0.160. The summed E-state index contributed by atoms with van der Waals surface area (Å²) in [6.45, 7) is 3.38. The Balaban J connectivity index is 1.43. The molecule has 0 aliphatic carbocycles. The number of hydrogen-bond donors (Lipinski definition) is 1. The van der Waals surface area contributed by atoms with Crippen LogP contribution in [0.25, 0.3) is 21.5 Å². The summed E-state index contributed by atoms with van der Waals surface area (Å²) >= 11 is 0. The van der Waals surface area contributed by atoms with E-state index in [9.17, 15) is 14.4 Å². The highest BCUT2D eigenvalue weighted by atomic mass is 16.7. The van der Waals surface area contributed by atoms with Crippen molar-refractivity contribution in [1.82, 2.24) is 0 Å². The van der Waals surface area contributed by atoms with Crippen molar-refractivity contribution in [1.29, 1.82) is 0 Å². The molecule has 1 N–H and O–H groups in total. The molecule has 4 rings (SSSR count). The molecule has 1 heterocycles. The zero-order valence-electron chi connectivity index (χ0n) is 22.1. The van der Waals surface area contributed by atoms with Crippen LogP contribution in [0.2, 0.25) is 0 Å². The van der Waals surface area contributed by atoms with Crippen molar-refractivity contribution < 1.29 is 38.5 Å². The Morgan fingerprint density at radius 2 is 1.59 bits per heavy atom. The van der Waals surface area contributed by atoms with Crippen molar-refractivity contribution in [2.75, 3.05) is 20.0 Å². The van der Waals surface area contributed by atoms with E-state index < -0.39 is 42.5 Å². The maximum Gasteiger partial charge on any atom is 0.337 e. The van der Waals surface area contributed by atoms with Crippen molar-refractivity contribution in [2.45, 2.75) is 39.2 Å². The molecule has 1 aliphatic rings. The molecule has 0 radical (unpaired) electrons. The third-order valence-electron chi connectivity index (χ3n) is 6.93. The highest BCUT2D eigenvalue weighted by Gasteiger charge is 2.33. The van der Waals surface area contributed by atoms with E-state index in [4.69, 9.17) is 24.2 Å². The fourth-order valence-electron chi connectivity index (χ4n) is 4.63. The summed E-state index contributed by atoms with van der Waals surface area (Å²) in [6.07, 6.45) is 2.07. The van der Waals surface area contributed by atoms with Gasteiger partial charge < -0.3 is 24.2 Å². The van der Waals surface area contributed by atoms with Gasteiger partial charge in [0.05, 0.1) is 30.6 Å². The fraction of sp³-hybridized carbons (Fsp3) is 0.400. The molecule has 9 heteroatoms. The predicted molar refractivity (Wildman–Crippen MR) is 145 cm³/mol. The van der Waals surface area contributed by atoms with Gasteiger partial charge in [-0.2, -0.15) is 0 Å². The summed E-state index contributed by atoms with van der Waals surface area (Å²) in [5, 5.41) is 17.1. The van der Waals surface area contributed by atoms with Crippen molar-refractivity contribution >= 4 is 45.7 Å². The highest BCUT2D eigenvalue weighted by Crippen LogP contribution is 2.28. The molecule has 3 aromatic rings. The third-order valence-corrected chi connectivity index (χ3v) is 6.93. The highest BCUT2D eigenvalue weighted by molar-refractivity contribution is 6.13. The van der Waals surface area contributed by atoms with Crippen LogP contribution in [0.1, 0.15) is 38.7 Å². The first kappa shape index (κ1) is 28.2. The summed E-state index contributed by atoms with van der Waals surface area (Å²) in [7, 11) is 0. The number of ether oxygens (including phenoxy) is 3. The van der Waals surface area contributed by atoms with Crippen molar-refractivity contribution in [3.05, 3.63) is 60.2 Å². The minimum absolute atomic E-state index is 0.0555. The number of nitrogens with zero attached hydrogens (tertiary/aromatic N) is 1. The molecule has 0 spiro atoms. The van der Waals surface area contributed by atoms with Crippen molar-refractivity contribution in [2.24, 2.45) is 22.9 Å². The van der Waals surface area contributed by atoms with Crippen LogP contribution >= 0.6 is 0 Å². The topological polar surface area (TPSA) is 124 Å². The van der Waals surface area contributed by atoms with Gasteiger partial charge in [0, 0.05) is 5.56 Å². The van der Waals surface area contributed by atoms with Gasteiger partial charge in [0.1, 0.15) is 12.7 Å². The van der Waals surface area contributed by atoms with Gasteiger partial charge in [0.25, 0.3) is 0 Å². The molecule has 4 atom stereocenters. The molecule has 1 aliphatic heterocycles. The minimum atomic E-state index is -0.819. The Morgan fingerprint density at radius 3 is 2.18 bits per heavy atom. The number of rotatable bonds is 13. The summed E-state index contributed by atoms with van der Waals surface area (Å²) < 4.78 is 15.2. The van der Waals surface area contributed by atoms with Gasteiger partial charge in [-0.15, -0.1) is 0 Å². The molecule has 9 nitrogen and oxygen atoms in total. The molecule has 206 valence electrons. The Bertz CT molecular complexity index is 1300. The molecule has 3 aromatic carbocycles. The van der Waals surface area contributed by atoms with Crippen LogP contribution in [0.15, 0.2) is 59.8 Å². The van der Waals surface area contributed by atoms with Crippen LogP contribution in [0.5, 0.6) is 0 Å². The van der Waals surface area contributed by atoms with E-state index in [1.165, 1.54) is 6.21 Å². The van der Waals surface area contributed by atoms with Crippen molar-refractivity contribution in [3.8, 4) is 0 Å².